The maximum absolute atomic E-state index is 12.9. The highest BCUT2D eigenvalue weighted by molar-refractivity contribution is 7.86. The fourth-order valence-corrected chi connectivity index (χ4v) is 5.25. The zero-order chi connectivity index (χ0) is 26.5. The lowest BCUT2D eigenvalue weighted by Gasteiger charge is -2.20. The topological polar surface area (TPSA) is 71.1 Å². The van der Waals surface area contributed by atoms with Crippen LogP contribution in [0.4, 0.5) is 13.2 Å². The molecule has 6 nitrogen and oxygen atoms in total. The molecule has 0 fully saturated rings. The largest absolute Gasteiger partial charge is 0.496 e. The van der Waals surface area contributed by atoms with Gasteiger partial charge in [0, 0.05) is 11.5 Å². The Hall–Kier alpha value is -2.92. The van der Waals surface area contributed by atoms with Crippen molar-refractivity contribution < 1.29 is 40.0 Å². The SMILES string of the molecule is COc1cccc2c1C(COCCOS(=O)(=O)c1cccc(C(F)(F)F)c1)OCC(c1ccccc1)C2. The van der Waals surface area contributed by atoms with Gasteiger partial charge in [-0.05, 0) is 41.8 Å². The van der Waals surface area contributed by atoms with E-state index in [2.05, 4.69) is 12.1 Å². The molecule has 2 unspecified atom stereocenters. The third-order valence-electron chi connectivity index (χ3n) is 6.12. The summed E-state index contributed by atoms with van der Waals surface area (Å²) < 4.78 is 85.9. The second-order valence-electron chi connectivity index (χ2n) is 8.54. The second kappa shape index (κ2) is 11.6. The predicted octanol–water partition coefficient (Wildman–Crippen LogP) is 5.53. The Morgan fingerprint density at radius 1 is 0.973 bits per heavy atom. The van der Waals surface area contributed by atoms with E-state index in [1.165, 1.54) is 0 Å². The Morgan fingerprint density at radius 3 is 2.46 bits per heavy atom. The number of hydrogen-bond acceptors (Lipinski definition) is 6. The van der Waals surface area contributed by atoms with Crippen molar-refractivity contribution in [1.82, 2.24) is 0 Å². The third kappa shape index (κ3) is 6.70. The van der Waals surface area contributed by atoms with Crippen LogP contribution < -0.4 is 4.74 Å². The van der Waals surface area contributed by atoms with Crippen molar-refractivity contribution in [3.63, 3.8) is 0 Å². The number of alkyl halides is 3. The van der Waals surface area contributed by atoms with E-state index in [9.17, 15) is 21.6 Å². The molecule has 0 radical (unpaired) electrons. The Morgan fingerprint density at radius 2 is 1.73 bits per heavy atom. The number of rotatable bonds is 9. The van der Waals surface area contributed by atoms with Gasteiger partial charge in [-0.15, -0.1) is 0 Å². The maximum Gasteiger partial charge on any atom is 0.416 e. The van der Waals surface area contributed by atoms with Crippen LogP contribution in [0, 0.1) is 0 Å². The van der Waals surface area contributed by atoms with Crippen molar-refractivity contribution in [2.75, 3.05) is 33.5 Å². The average Bonchev–Trinajstić information content (AvgIpc) is 3.08. The lowest BCUT2D eigenvalue weighted by molar-refractivity contribution is -0.137. The fourth-order valence-electron chi connectivity index (χ4n) is 4.31. The molecule has 0 bridgehead atoms. The van der Waals surface area contributed by atoms with Crippen molar-refractivity contribution in [3.05, 3.63) is 95.1 Å². The van der Waals surface area contributed by atoms with Crippen LogP contribution in [0.5, 0.6) is 5.75 Å². The molecule has 37 heavy (non-hydrogen) atoms. The van der Waals surface area contributed by atoms with Crippen LogP contribution in [0.3, 0.4) is 0 Å². The lowest BCUT2D eigenvalue weighted by Crippen LogP contribution is -2.17. The molecule has 10 heteroatoms. The van der Waals surface area contributed by atoms with Gasteiger partial charge in [-0.2, -0.15) is 21.6 Å². The first kappa shape index (κ1) is 27.1. The minimum atomic E-state index is -4.66. The fraction of sp³-hybridized carbons (Fsp3) is 0.333. The van der Waals surface area contributed by atoms with E-state index < -0.39 is 32.9 Å². The Balaban J connectivity index is 1.39. The van der Waals surface area contributed by atoms with E-state index in [1.807, 2.05) is 36.4 Å². The molecule has 1 heterocycles. The molecule has 0 aromatic heterocycles. The summed E-state index contributed by atoms with van der Waals surface area (Å²) in [6, 6.07) is 19.3. The number of halogens is 3. The van der Waals surface area contributed by atoms with Crippen molar-refractivity contribution in [2.24, 2.45) is 0 Å². The first-order chi connectivity index (χ1) is 17.7. The van der Waals surface area contributed by atoms with E-state index in [4.69, 9.17) is 18.4 Å². The molecule has 2 atom stereocenters. The predicted molar refractivity (Wildman–Crippen MR) is 130 cm³/mol. The van der Waals surface area contributed by atoms with E-state index in [0.717, 1.165) is 41.3 Å². The number of methoxy groups -OCH3 is 1. The van der Waals surface area contributed by atoms with E-state index in [-0.39, 0.29) is 25.7 Å². The number of benzene rings is 3. The van der Waals surface area contributed by atoms with E-state index >= 15 is 0 Å². The van der Waals surface area contributed by atoms with Gasteiger partial charge in [-0.1, -0.05) is 48.5 Å². The summed E-state index contributed by atoms with van der Waals surface area (Å²) in [5.74, 6) is 0.807. The molecule has 0 spiro atoms. The third-order valence-corrected chi connectivity index (χ3v) is 7.43. The van der Waals surface area contributed by atoms with Gasteiger partial charge < -0.3 is 14.2 Å². The molecule has 1 aliphatic heterocycles. The molecule has 0 saturated carbocycles. The summed E-state index contributed by atoms with van der Waals surface area (Å²) in [6.07, 6.45) is -4.37. The minimum absolute atomic E-state index is 0.107. The molecular weight excluding hydrogens is 509 g/mol. The highest BCUT2D eigenvalue weighted by atomic mass is 32.2. The van der Waals surface area contributed by atoms with Gasteiger partial charge in [0.05, 0.1) is 44.0 Å². The summed E-state index contributed by atoms with van der Waals surface area (Å²) in [5.41, 5.74) is 2.04. The van der Waals surface area contributed by atoms with Gasteiger partial charge in [-0.3, -0.25) is 4.18 Å². The standard InChI is InChI=1S/C27H27F3O6S/c1-33-24-12-5-9-20-15-21(19-7-3-2-4-8-19)17-35-25(26(20)24)18-34-13-14-36-37(31,32)23-11-6-10-22(16-23)27(28,29)30/h2-12,16,21,25H,13-15,17-18H2,1H3. The maximum atomic E-state index is 12.9. The monoisotopic (exact) mass is 536 g/mol. The quantitative estimate of drug-likeness (QED) is 0.265. The van der Waals surface area contributed by atoms with Crippen LogP contribution in [0.15, 0.2) is 77.7 Å². The van der Waals surface area contributed by atoms with Gasteiger partial charge in [0.1, 0.15) is 11.9 Å². The number of ether oxygens (including phenoxy) is 3. The molecular formula is C27H27F3O6S. The molecule has 0 N–H and O–H groups in total. The van der Waals surface area contributed by atoms with E-state index in [0.29, 0.717) is 18.4 Å². The Kier molecular flexibility index (Phi) is 8.53. The number of fused-ring (bicyclic) bond motifs is 1. The second-order valence-corrected chi connectivity index (χ2v) is 10.2. The first-order valence-corrected chi connectivity index (χ1v) is 13.1. The zero-order valence-electron chi connectivity index (χ0n) is 20.1. The summed E-state index contributed by atoms with van der Waals surface area (Å²) in [7, 11) is -2.80. The molecule has 4 rings (SSSR count). The average molecular weight is 537 g/mol. The van der Waals surface area contributed by atoms with Crippen LogP contribution in [-0.4, -0.2) is 42.0 Å². The smallest absolute Gasteiger partial charge is 0.416 e. The minimum Gasteiger partial charge on any atom is -0.496 e. The molecule has 0 amide bonds. The van der Waals surface area contributed by atoms with Gasteiger partial charge in [-0.25, -0.2) is 0 Å². The van der Waals surface area contributed by atoms with Crippen LogP contribution >= 0.6 is 0 Å². The van der Waals surface area contributed by atoms with Crippen LogP contribution in [-0.2, 0) is 36.4 Å². The molecule has 3 aromatic carbocycles. The first-order valence-electron chi connectivity index (χ1n) is 11.7. The van der Waals surface area contributed by atoms with Crippen LogP contribution in [0.25, 0.3) is 0 Å². The lowest BCUT2D eigenvalue weighted by atomic mass is 9.90. The summed E-state index contributed by atoms with van der Waals surface area (Å²) in [5, 5.41) is 0. The number of hydrogen-bond donors (Lipinski definition) is 0. The molecule has 0 aliphatic carbocycles. The highest BCUT2D eigenvalue weighted by Gasteiger charge is 2.32. The van der Waals surface area contributed by atoms with Crippen molar-refractivity contribution in [3.8, 4) is 5.75 Å². The molecule has 0 saturated heterocycles. The summed E-state index contributed by atoms with van der Waals surface area (Å²) >= 11 is 0. The van der Waals surface area contributed by atoms with Gasteiger partial charge >= 0.3 is 6.18 Å². The summed E-state index contributed by atoms with van der Waals surface area (Å²) in [6.45, 7) is 0.0967. The summed E-state index contributed by atoms with van der Waals surface area (Å²) in [4.78, 5) is -0.569. The van der Waals surface area contributed by atoms with Gasteiger partial charge in [0.15, 0.2) is 0 Å². The van der Waals surface area contributed by atoms with Crippen molar-refractivity contribution in [2.45, 2.75) is 29.5 Å². The van der Waals surface area contributed by atoms with Crippen LogP contribution in [0.2, 0.25) is 0 Å². The Labute approximate surface area is 214 Å². The van der Waals surface area contributed by atoms with Crippen LogP contribution in [0.1, 0.15) is 34.3 Å². The van der Waals surface area contributed by atoms with Gasteiger partial charge in [0.25, 0.3) is 10.1 Å². The highest BCUT2D eigenvalue weighted by Crippen LogP contribution is 2.38. The van der Waals surface area contributed by atoms with E-state index in [1.54, 1.807) is 7.11 Å². The zero-order valence-corrected chi connectivity index (χ0v) is 20.9. The van der Waals surface area contributed by atoms with Crippen molar-refractivity contribution >= 4 is 10.1 Å². The Bertz CT molecular complexity index is 1290. The normalized spacial score (nSPS) is 18.2. The molecule has 1 aliphatic rings. The van der Waals surface area contributed by atoms with Gasteiger partial charge in [0.2, 0.25) is 0 Å². The molecule has 3 aromatic rings. The molecule has 198 valence electrons. The van der Waals surface area contributed by atoms with Crippen molar-refractivity contribution in [1.29, 1.82) is 0 Å².